The number of methoxy groups -OCH3 is 1. The zero-order valence-corrected chi connectivity index (χ0v) is 12.6. The van der Waals surface area contributed by atoms with Crippen LogP contribution in [-0.4, -0.2) is 43.0 Å². The van der Waals surface area contributed by atoms with Gasteiger partial charge in [0.25, 0.3) is 5.91 Å². The van der Waals surface area contributed by atoms with Crippen LogP contribution in [0.3, 0.4) is 0 Å². The molecule has 1 saturated heterocycles. The van der Waals surface area contributed by atoms with E-state index in [9.17, 15) is 9.59 Å². The van der Waals surface area contributed by atoms with Crippen LogP contribution in [0.15, 0.2) is 24.3 Å². The Labute approximate surface area is 125 Å². The Hall–Kier alpha value is -1.88. The molecular weight excluding hydrogens is 268 g/mol. The first-order valence-corrected chi connectivity index (χ1v) is 7.34. The van der Waals surface area contributed by atoms with E-state index in [0.29, 0.717) is 19.6 Å². The summed E-state index contributed by atoms with van der Waals surface area (Å²) in [7, 11) is 1.61. The summed E-state index contributed by atoms with van der Waals surface area (Å²) in [5, 5.41) is 3.15. The molecule has 1 aliphatic rings. The van der Waals surface area contributed by atoms with Crippen molar-refractivity contribution in [1.29, 1.82) is 0 Å². The highest BCUT2D eigenvalue weighted by atomic mass is 16.5. The number of hydrogen-bond donors (Lipinski definition) is 1. The van der Waals surface area contributed by atoms with Crippen molar-refractivity contribution in [2.45, 2.75) is 32.2 Å². The molecule has 1 aromatic carbocycles. The molecule has 1 fully saturated rings. The Bertz CT molecular complexity index is 499. The van der Waals surface area contributed by atoms with Crippen LogP contribution < -0.4 is 5.32 Å². The third kappa shape index (κ3) is 3.82. The molecule has 0 bridgehead atoms. The Morgan fingerprint density at radius 1 is 1.29 bits per heavy atom. The van der Waals surface area contributed by atoms with E-state index in [0.717, 1.165) is 12.1 Å². The van der Waals surface area contributed by atoms with Gasteiger partial charge in [0.15, 0.2) is 0 Å². The Kier molecular flexibility index (Phi) is 5.33. The van der Waals surface area contributed by atoms with Crippen LogP contribution in [0, 0.1) is 0 Å². The molecule has 1 aliphatic heterocycles. The fourth-order valence-corrected chi connectivity index (χ4v) is 2.44. The van der Waals surface area contributed by atoms with Gasteiger partial charge in [0.1, 0.15) is 6.04 Å². The van der Waals surface area contributed by atoms with Crippen molar-refractivity contribution in [2.24, 2.45) is 0 Å². The van der Waals surface area contributed by atoms with Gasteiger partial charge in [-0.05, 0) is 30.5 Å². The van der Waals surface area contributed by atoms with Gasteiger partial charge in [-0.25, -0.2) is 0 Å². The van der Waals surface area contributed by atoms with E-state index < -0.39 is 6.04 Å². The maximum absolute atomic E-state index is 12.2. The molecule has 1 aromatic rings. The van der Waals surface area contributed by atoms with Crippen LogP contribution in [0.25, 0.3) is 0 Å². The highest BCUT2D eigenvalue weighted by Crippen LogP contribution is 2.19. The van der Waals surface area contributed by atoms with Crippen LogP contribution in [0.5, 0.6) is 0 Å². The van der Waals surface area contributed by atoms with Gasteiger partial charge in [-0.3, -0.25) is 14.5 Å². The molecule has 0 spiro atoms. The molecule has 2 rings (SSSR count). The Morgan fingerprint density at radius 2 is 2.00 bits per heavy atom. The summed E-state index contributed by atoms with van der Waals surface area (Å²) in [4.78, 5) is 25.5. The van der Waals surface area contributed by atoms with Crippen LogP contribution >= 0.6 is 0 Å². The number of carbonyl (C=O) groups is 2. The first kappa shape index (κ1) is 15.5. The lowest BCUT2D eigenvalue weighted by molar-refractivity contribution is -0.138. The van der Waals surface area contributed by atoms with E-state index in [4.69, 9.17) is 4.74 Å². The van der Waals surface area contributed by atoms with Crippen LogP contribution in [0.1, 0.15) is 25.3 Å². The summed E-state index contributed by atoms with van der Waals surface area (Å²) in [6.45, 7) is 3.07. The summed E-state index contributed by atoms with van der Waals surface area (Å²) in [5.74, 6) is -0.255. The lowest BCUT2D eigenvalue weighted by atomic mass is 10.1. The molecule has 0 radical (unpaired) electrons. The molecule has 0 saturated carbocycles. The minimum atomic E-state index is -0.451. The Balaban J connectivity index is 1.94. The van der Waals surface area contributed by atoms with E-state index in [-0.39, 0.29) is 18.2 Å². The quantitative estimate of drug-likeness (QED) is 0.615. The number of nitrogens with zero attached hydrogens (tertiary/aromatic N) is 1. The van der Waals surface area contributed by atoms with Crippen molar-refractivity contribution in [2.75, 3.05) is 25.6 Å². The number of anilines is 1. The molecule has 0 aromatic heterocycles. The third-order valence-electron chi connectivity index (χ3n) is 3.68. The van der Waals surface area contributed by atoms with Crippen molar-refractivity contribution < 1.29 is 14.3 Å². The molecule has 21 heavy (non-hydrogen) atoms. The van der Waals surface area contributed by atoms with Crippen molar-refractivity contribution in [1.82, 2.24) is 4.90 Å². The summed E-state index contributed by atoms with van der Waals surface area (Å²) in [5.41, 5.74) is 2.12. The van der Waals surface area contributed by atoms with E-state index >= 15 is 0 Å². The normalized spacial score (nSPS) is 18.4. The van der Waals surface area contributed by atoms with Gasteiger partial charge in [0.05, 0.1) is 6.42 Å². The predicted molar refractivity (Wildman–Crippen MR) is 81.1 cm³/mol. The van der Waals surface area contributed by atoms with Gasteiger partial charge in [0, 0.05) is 25.9 Å². The minimum Gasteiger partial charge on any atom is -0.385 e. The summed E-state index contributed by atoms with van der Waals surface area (Å²) < 4.78 is 4.95. The fraction of sp³-hybridized carbons (Fsp3) is 0.500. The monoisotopic (exact) mass is 290 g/mol. The number of aryl methyl sites for hydroxylation is 1. The smallest absolute Gasteiger partial charge is 0.252 e. The van der Waals surface area contributed by atoms with Gasteiger partial charge >= 0.3 is 0 Å². The van der Waals surface area contributed by atoms with Crippen molar-refractivity contribution in [3.63, 3.8) is 0 Å². The second kappa shape index (κ2) is 7.22. The lowest BCUT2D eigenvalue weighted by Crippen LogP contribution is -2.35. The molecule has 1 heterocycles. The maximum Gasteiger partial charge on any atom is 0.252 e. The topological polar surface area (TPSA) is 58.6 Å². The molecule has 5 nitrogen and oxygen atoms in total. The number of likely N-dealkylation sites (tertiary alicyclic amines) is 1. The predicted octanol–water partition coefficient (Wildman–Crippen LogP) is 1.82. The fourth-order valence-electron chi connectivity index (χ4n) is 2.44. The average molecular weight is 290 g/mol. The zero-order valence-electron chi connectivity index (χ0n) is 12.6. The third-order valence-corrected chi connectivity index (χ3v) is 3.68. The van der Waals surface area contributed by atoms with Crippen molar-refractivity contribution >= 4 is 17.5 Å². The largest absolute Gasteiger partial charge is 0.385 e. The molecule has 1 N–H and O–H groups in total. The highest BCUT2D eigenvalue weighted by molar-refractivity contribution is 6.06. The van der Waals surface area contributed by atoms with Gasteiger partial charge in [-0.1, -0.05) is 19.1 Å². The van der Waals surface area contributed by atoms with E-state index in [1.807, 2.05) is 24.3 Å². The van der Waals surface area contributed by atoms with Gasteiger partial charge in [-0.15, -0.1) is 0 Å². The Morgan fingerprint density at radius 3 is 2.62 bits per heavy atom. The molecule has 0 unspecified atom stereocenters. The molecule has 0 aliphatic carbocycles. The van der Waals surface area contributed by atoms with Crippen LogP contribution in [-0.2, 0) is 20.7 Å². The number of benzene rings is 1. The maximum atomic E-state index is 12.2. The highest BCUT2D eigenvalue weighted by Gasteiger charge is 2.37. The molecule has 5 heteroatoms. The van der Waals surface area contributed by atoms with Crippen molar-refractivity contribution in [3.05, 3.63) is 29.8 Å². The number of imide groups is 1. The summed E-state index contributed by atoms with van der Waals surface area (Å²) >= 11 is 0. The number of nitrogens with one attached hydrogen (secondary N) is 1. The first-order chi connectivity index (χ1) is 10.2. The molecule has 114 valence electrons. The van der Waals surface area contributed by atoms with Gasteiger partial charge < -0.3 is 10.1 Å². The number of rotatable bonds is 7. The SMILES string of the molecule is CCc1ccc(N[C@H]2CC(=O)N(CCCOC)C2=O)cc1. The lowest BCUT2D eigenvalue weighted by Gasteiger charge is -2.16. The van der Waals surface area contributed by atoms with E-state index in [1.165, 1.54) is 10.5 Å². The number of carbonyl (C=O) groups excluding carboxylic acids is 2. The number of hydrogen-bond acceptors (Lipinski definition) is 4. The second-order valence-electron chi connectivity index (χ2n) is 5.18. The average Bonchev–Trinajstić information content (AvgIpc) is 2.75. The minimum absolute atomic E-state index is 0.112. The van der Waals surface area contributed by atoms with E-state index in [1.54, 1.807) is 7.11 Å². The molecule has 1 atom stereocenters. The van der Waals surface area contributed by atoms with Crippen LogP contribution in [0.4, 0.5) is 5.69 Å². The summed E-state index contributed by atoms with van der Waals surface area (Å²) in [6, 6.07) is 7.50. The molecular formula is C16H22N2O3. The van der Waals surface area contributed by atoms with Crippen LogP contribution in [0.2, 0.25) is 0 Å². The number of ether oxygens (including phenoxy) is 1. The zero-order chi connectivity index (χ0) is 15.2. The van der Waals surface area contributed by atoms with Gasteiger partial charge in [0.2, 0.25) is 5.91 Å². The molecule has 2 amide bonds. The number of amides is 2. The second-order valence-corrected chi connectivity index (χ2v) is 5.18. The standard InChI is InChI=1S/C16H22N2O3/c1-3-12-5-7-13(8-6-12)17-14-11-15(19)18(16(14)20)9-4-10-21-2/h5-8,14,17H,3-4,9-11H2,1-2H3/t14-/m0/s1. The summed E-state index contributed by atoms with van der Waals surface area (Å²) in [6.07, 6.45) is 1.88. The van der Waals surface area contributed by atoms with Crippen molar-refractivity contribution in [3.8, 4) is 0 Å². The van der Waals surface area contributed by atoms with E-state index in [2.05, 4.69) is 12.2 Å². The van der Waals surface area contributed by atoms with Gasteiger partial charge in [-0.2, -0.15) is 0 Å². The first-order valence-electron chi connectivity index (χ1n) is 7.34.